The lowest BCUT2D eigenvalue weighted by Gasteiger charge is -2.32. The van der Waals surface area contributed by atoms with Gasteiger partial charge >= 0.3 is 0 Å². The van der Waals surface area contributed by atoms with Gasteiger partial charge in [-0.25, -0.2) is 4.39 Å². The van der Waals surface area contributed by atoms with E-state index in [0.29, 0.717) is 0 Å². The average Bonchev–Trinajstić information content (AvgIpc) is 3.15. The number of hydrogen-bond acceptors (Lipinski definition) is 3. The first kappa shape index (κ1) is 18.5. The third-order valence-electron chi connectivity index (χ3n) is 5.48. The van der Waals surface area contributed by atoms with E-state index in [0.717, 1.165) is 67.5 Å². The number of nitrogens with zero attached hydrogens (tertiary/aromatic N) is 2. The van der Waals surface area contributed by atoms with Crippen molar-refractivity contribution in [2.24, 2.45) is 0 Å². The summed E-state index contributed by atoms with van der Waals surface area (Å²) in [6.45, 7) is 3.08. The molecule has 1 saturated heterocycles. The number of nitriles is 1. The summed E-state index contributed by atoms with van der Waals surface area (Å²) in [5, 5.41) is 10.4. The fourth-order valence-corrected chi connectivity index (χ4v) is 4.01. The van der Waals surface area contributed by atoms with Crippen molar-refractivity contribution in [3.63, 3.8) is 0 Å². The Kier molecular flexibility index (Phi) is 5.59. The van der Waals surface area contributed by atoms with Crippen LogP contribution in [0.4, 0.5) is 4.39 Å². The normalized spacial score (nSPS) is 15.6. The van der Waals surface area contributed by atoms with E-state index in [1.807, 2.05) is 12.1 Å². The number of aromatic amines is 1. The van der Waals surface area contributed by atoms with Gasteiger partial charge < -0.3 is 14.6 Å². The minimum absolute atomic E-state index is 0.202. The summed E-state index contributed by atoms with van der Waals surface area (Å²) in [4.78, 5) is 5.66. The molecule has 4 nitrogen and oxygen atoms in total. The van der Waals surface area contributed by atoms with Crippen molar-refractivity contribution in [1.29, 1.82) is 5.26 Å². The predicted molar refractivity (Wildman–Crippen MR) is 108 cm³/mol. The second-order valence-electron chi connectivity index (χ2n) is 7.37. The average molecular weight is 377 g/mol. The van der Waals surface area contributed by atoms with Crippen molar-refractivity contribution in [3.05, 3.63) is 65.6 Å². The standard InChI is InChI=1S/C23H24FN3O/c24-19-6-8-20(9-7-19)28-21-10-13-27(14-11-21)12-2-4-17-3-1-5-22-23(17)18(15-25)16-26-22/h1,3,5-9,16,21,26H,2,4,10-14H2. The van der Waals surface area contributed by atoms with Crippen LogP contribution in [0.5, 0.6) is 5.75 Å². The van der Waals surface area contributed by atoms with E-state index in [1.165, 1.54) is 17.7 Å². The summed E-state index contributed by atoms with van der Waals surface area (Å²) in [7, 11) is 0. The zero-order valence-electron chi connectivity index (χ0n) is 15.8. The molecule has 0 aliphatic carbocycles. The van der Waals surface area contributed by atoms with Gasteiger partial charge in [0.15, 0.2) is 0 Å². The maximum Gasteiger partial charge on any atom is 0.123 e. The molecule has 0 unspecified atom stereocenters. The van der Waals surface area contributed by atoms with Crippen molar-refractivity contribution in [2.45, 2.75) is 31.8 Å². The quantitative estimate of drug-likeness (QED) is 0.680. The molecule has 5 heteroatoms. The first-order chi connectivity index (χ1) is 13.7. The molecule has 2 heterocycles. The molecule has 0 atom stereocenters. The first-order valence-corrected chi connectivity index (χ1v) is 9.86. The topological polar surface area (TPSA) is 52.0 Å². The lowest BCUT2D eigenvalue weighted by atomic mass is 10.0. The molecule has 0 radical (unpaired) electrons. The number of benzene rings is 2. The maximum atomic E-state index is 13.0. The maximum absolute atomic E-state index is 13.0. The molecule has 4 rings (SSSR count). The van der Waals surface area contributed by atoms with Crippen LogP contribution in [0.25, 0.3) is 10.9 Å². The summed E-state index contributed by atoms with van der Waals surface area (Å²) in [6.07, 6.45) is 6.01. The summed E-state index contributed by atoms with van der Waals surface area (Å²) in [6, 6.07) is 14.7. The summed E-state index contributed by atoms with van der Waals surface area (Å²) >= 11 is 0. The molecule has 2 aromatic carbocycles. The molecule has 1 fully saturated rings. The molecule has 1 aromatic heterocycles. The Morgan fingerprint density at radius 1 is 1.14 bits per heavy atom. The number of nitrogens with one attached hydrogen (secondary N) is 1. The van der Waals surface area contributed by atoms with Gasteiger partial charge in [0, 0.05) is 30.2 Å². The van der Waals surface area contributed by atoms with Crippen LogP contribution in [-0.4, -0.2) is 35.6 Å². The smallest absolute Gasteiger partial charge is 0.123 e. The second kappa shape index (κ2) is 8.45. The minimum atomic E-state index is -0.237. The van der Waals surface area contributed by atoms with Gasteiger partial charge in [0.05, 0.1) is 5.56 Å². The van der Waals surface area contributed by atoms with Crippen LogP contribution in [0.1, 0.15) is 30.4 Å². The highest BCUT2D eigenvalue weighted by Gasteiger charge is 2.20. The van der Waals surface area contributed by atoms with E-state index in [1.54, 1.807) is 18.3 Å². The van der Waals surface area contributed by atoms with Crippen molar-refractivity contribution in [1.82, 2.24) is 9.88 Å². The van der Waals surface area contributed by atoms with Crippen LogP contribution in [0.2, 0.25) is 0 Å². The number of likely N-dealkylation sites (tertiary alicyclic amines) is 1. The Balaban J connectivity index is 1.25. The Bertz CT molecular complexity index is 966. The third kappa shape index (κ3) is 4.18. The second-order valence-corrected chi connectivity index (χ2v) is 7.37. The van der Waals surface area contributed by atoms with Gasteiger partial charge in [-0.15, -0.1) is 0 Å². The van der Waals surface area contributed by atoms with E-state index in [-0.39, 0.29) is 11.9 Å². The Morgan fingerprint density at radius 3 is 2.68 bits per heavy atom. The van der Waals surface area contributed by atoms with E-state index in [4.69, 9.17) is 4.74 Å². The first-order valence-electron chi connectivity index (χ1n) is 9.86. The Labute approximate surface area is 164 Å². The molecule has 0 bridgehead atoms. The zero-order chi connectivity index (χ0) is 19.3. The Hall–Kier alpha value is -2.84. The molecule has 1 N–H and O–H groups in total. The van der Waals surface area contributed by atoms with E-state index >= 15 is 0 Å². The number of aromatic nitrogens is 1. The van der Waals surface area contributed by atoms with Gasteiger partial charge in [0.1, 0.15) is 23.7 Å². The number of aryl methyl sites for hydroxylation is 1. The van der Waals surface area contributed by atoms with E-state index in [9.17, 15) is 9.65 Å². The van der Waals surface area contributed by atoms with Gasteiger partial charge in [-0.05, 0) is 68.1 Å². The van der Waals surface area contributed by atoms with Crippen molar-refractivity contribution < 1.29 is 9.13 Å². The monoisotopic (exact) mass is 377 g/mol. The highest BCUT2D eigenvalue weighted by atomic mass is 19.1. The number of hydrogen-bond donors (Lipinski definition) is 1. The van der Waals surface area contributed by atoms with E-state index < -0.39 is 0 Å². The van der Waals surface area contributed by atoms with Gasteiger partial charge in [-0.1, -0.05) is 12.1 Å². The van der Waals surface area contributed by atoms with Gasteiger partial charge in [-0.2, -0.15) is 5.26 Å². The van der Waals surface area contributed by atoms with Crippen LogP contribution < -0.4 is 4.74 Å². The number of rotatable bonds is 6. The van der Waals surface area contributed by atoms with E-state index in [2.05, 4.69) is 22.0 Å². The van der Waals surface area contributed by atoms with Gasteiger partial charge in [-0.3, -0.25) is 0 Å². The van der Waals surface area contributed by atoms with Crippen LogP contribution in [0.3, 0.4) is 0 Å². The largest absolute Gasteiger partial charge is 0.490 e. The van der Waals surface area contributed by atoms with Crippen molar-refractivity contribution in [3.8, 4) is 11.8 Å². The van der Waals surface area contributed by atoms with Crippen molar-refractivity contribution >= 4 is 10.9 Å². The summed E-state index contributed by atoms with van der Waals surface area (Å²) in [5.41, 5.74) is 3.00. The molecule has 0 saturated carbocycles. The summed E-state index contributed by atoms with van der Waals surface area (Å²) < 4.78 is 19.0. The minimum Gasteiger partial charge on any atom is -0.490 e. The van der Waals surface area contributed by atoms with Gasteiger partial charge in [0.2, 0.25) is 0 Å². The molecule has 1 aliphatic rings. The number of halogens is 1. The lowest BCUT2D eigenvalue weighted by Crippen LogP contribution is -2.38. The molecule has 28 heavy (non-hydrogen) atoms. The molecule has 0 amide bonds. The molecule has 3 aromatic rings. The van der Waals surface area contributed by atoms with Gasteiger partial charge in [0.25, 0.3) is 0 Å². The summed E-state index contributed by atoms with van der Waals surface area (Å²) in [5.74, 6) is 0.507. The van der Waals surface area contributed by atoms with Crippen LogP contribution >= 0.6 is 0 Å². The number of fused-ring (bicyclic) bond motifs is 1. The lowest BCUT2D eigenvalue weighted by molar-refractivity contribution is 0.0999. The SMILES string of the molecule is N#Cc1c[nH]c2cccc(CCCN3CCC(Oc4ccc(F)cc4)CC3)c12. The predicted octanol–water partition coefficient (Wildman–Crippen LogP) is 4.65. The number of H-pyrrole nitrogens is 1. The fraction of sp³-hybridized carbons (Fsp3) is 0.348. The van der Waals surface area contributed by atoms with Crippen LogP contribution in [0, 0.1) is 17.1 Å². The molecule has 0 spiro atoms. The Morgan fingerprint density at radius 2 is 1.93 bits per heavy atom. The highest BCUT2D eigenvalue weighted by Crippen LogP contribution is 2.24. The number of ether oxygens (including phenoxy) is 1. The van der Waals surface area contributed by atoms with Crippen molar-refractivity contribution in [2.75, 3.05) is 19.6 Å². The number of piperidine rings is 1. The van der Waals surface area contributed by atoms with Crippen LogP contribution in [0.15, 0.2) is 48.7 Å². The molecular weight excluding hydrogens is 353 g/mol. The fourth-order valence-electron chi connectivity index (χ4n) is 4.01. The molecule has 1 aliphatic heterocycles. The third-order valence-corrected chi connectivity index (χ3v) is 5.48. The molecular formula is C23H24FN3O. The van der Waals surface area contributed by atoms with Crippen LogP contribution in [-0.2, 0) is 6.42 Å². The highest BCUT2D eigenvalue weighted by molar-refractivity contribution is 5.88. The molecule has 144 valence electrons. The zero-order valence-corrected chi connectivity index (χ0v) is 15.8.